The van der Waals surface area contributed by atoms with Gasteiger partial charge in [0.15, 0.2) is 0 Å². The molecule has 1 fully saturated rings. The van der Waals surface area contributed by atoms with Gasteiger partial charge in [-0.05, 0) is 54.6 Å². The molecule has 0 saturated carbocycles. The Bertz CT molecular complexity index is 1340. The molecule has 3 atom stereocenters. The standard InChI is InChI=1S/C31H30N2/c1-22-14-10-13-21-29(22)32-23(2)30-27-19-11-12-20-28(27)31(33(30)24(32)3,25-15-6-4-7-16-25)26-17-8-5-9-18-26/h4-21,23-24,30H,1-3H3/t23-,24?,30?/m0/s1/i3D3. The average Bonchev–Trinajstić information content (AvgIpc) is 3.36. The van der Waals surface area contributed by atoms with E-state index in [0.717, 1.165) is 27.9 Å². The monoisotopic (exact) mass is 433 g/mol. The number of anilines is 1. The zero-order valence-corrected chi connectivity index (χ0v) is 19.0. The van der Waals surface area contributed by atoms with Gasteiger partial charge < -0.3 is 4.90 Å². The first kappa shape index (κ1) is 17.2. The minimum Gasteiger partial charge on any atom is -0.351 e. The van der Waals surface area contributed by atoms with Crippen molar-refractivity contribution in [2.75, 3.05) is 4.90 Å². The molecule has 6 rings (SSSR count). The van der Waals surface area contributed by atoms with E-state index in [-0.39, 0.29) is 12.1 Å². The van der Waals surface area contributed by atoms with Gasteiger partial charge in [-0.25, -0.2) is 0 Å². The molecule has 2 unspecified atom stereocenters. The summed E-state index contributed by atoms with van der Waals surface area (Å²) in [6.45, 7) is 2.00. The van der Waals surface area contributed by atoms with Crippen LogP contribution in [0.5, 0.6) is 0 Å². The van der Waals surface area contributed by atoms with Gasteiger partial charge in [-0.3, -0.25) is 4.90 Å². The zero-order chi connectivity index (χ0) is 25.1. The molecule has 2 aliphatic heterocycles. The fourth-order valence-corrected chi connectivity index (χ4v) is 6.26. The number of benzene rings is 4. The van der Waals surface area contributed by atoms with Crippen LogP contribution < -0.4 is 4.90 Å². The summed E-state index contributed by atoms with van der Waals surface area (Å²) >= 11 is 0. The second kappa shape index (κ2) is 7.60. The van der Waals surface area contributed by atoms with Crippen molar-refractivity contribution in [1.29, 1.82) is 0 Å². The van der Waals surface area contributed by atoms with Crippen LogP contribution in [0.3, 0.4) is 0 Å². The average molecular weight is 434 g/mol. The summed E-state index contributed by atoms with van der Waals surface area (Å²) in [5, 5.41) is 0. The highest BCUT2D eigenvalue weighted by Gasteiger charge is 2.60. The highest BCUT2D eigenvalue weighted by Crippen LogP contribution is 2.59. The van der Waals surface area contributed by atoms with Gasteiger partial charge in [0.25, 0.3) is 0 Å². The first-order valence-electron chi connectivity index (χ1n) is 13.2. The van der Waals surface area contributed by atoms with Crippen molar-refractivity contribution in [3.63, 3.8) is 0 Å². The molecule has 0 N–H and O–H groups in total. The number of hydrogen-bond acceptors (Lipinski definition) is 2. The van der Waals surface area contributed by atoms with Gasteiger partial charge in [0.2, 0.25) is 0 Å². The summed E-state index contributed by atoms with van der Waals surface area (Å²) in [7, 11) is 0. The normalized spacial score (nSPS) is 25.1. The highest BCUT2D eigenvalue weighted by molar-refractivity contribution is 5.63. The molecular weight excluding hydrogens is 400 g/mol. The Morgan fingerprint density at radius 3 is 1.94 bits per heavy atom. The van der Waals surface area contributed by atoms with Gasteiger partial charge in [-0.2, -0.15) is 0 Å². The highest BCUT2D eigenvalue weighted by atomic mass is 15.5. The molecule has 4 aromatic carbocycles. The van der Waals surface area contributed by atoms with Crippen molar-refractivity contribution >= 4 is 5.69 Å². The quantitative estimate of drug-likeness (QED) is 0.347. The predicted octanol–water partition coefficient (Wildman–Crippen LogP) is 6.90. The van der Waals surface area contributed by atoms with Crippen LogP contribution in [-0.2, 0) is 5.54 Å². The van der Waals surface area contributed by atoms with E-state index in [1.807, 2.05) is 24.3 Å². The van der Waals surface area contributed by atoms with E-state index in [1.54, 1.807) is 0 Å². The summed E-state index contributed by atoms with van der Waals surface area (Å²) in [6.07, 6.45) is -0.814. The maximum absolute atomic E-state index is 8.88. The molecule has 0 amide bonds. The molecule has 1 saturated heterocycles. The minimum absolute atomic E-state index is 0.0491. The Morgan fingerprint density at radius 1 is 0.727 bits per heavy atom. The first-order chi connectivity index (χ1) is 17.4. The molecule has 0 radical (unpaired) electrons. The Morgan fingerprint density at radius 2 is 1.30 bits per heavy atom. The van der Waals surface area contributed by atoms with Crippen LogP contribution in [-0.4, -0.2) is 17.1 Å². The van der Waals surface area contributed by atoms with Gasteiger partial charge in [0, 0.05) is 15.8 Å². The van der Waals surface area contributed by atoms with E-state index >= 15 is 0 Å². The van der Waals surface area contributed by atoms with E-state index < -0.39 is 18.6 Å². The van der Waals surface area contributed by atoms with Crippen molar-refractivity contribution in [2.24, 2.45) is 0 Å². The zero-order valence-electron chi connectivity index (χ0n) is 22.0. The molecule has 0 aliphatic carbocycles. The number of hydrogen-bond donors (Lipinski definition) is 0. The molecule has 2 heteroatoms. The van der Waals surface area contributed by atoms with Gasteiger partial charge in [-0.1, -0.05) is 103 Å². The third kappa shape index (κ3) is 2.71. The predicted molar refractivity (Wildman–Crippen MR) is 136 cm³/mol. The summed E-state index contributed by atoms with van der Waals surface area (Å²) in [4.78, 5) is 4.45. The van der Waals surface area contributed by atoms with E-state index in [4.69, 9.17) is 4.11 Å². The third-order valence-electron chi connectivity index (χ3n) is 7.56. The van der Waals surface area contributed by atoms with E-state index in [2.05, 4.69) is 109 Å². The molecule has 33 heavy (non-hydrogen) atoms. The van der Waals surface area contributed by atoms with E-state index in [1.165, 1.54) is 5.56 Å². The Balaban J connectivity index is 1.72. The van der Waals surface area contributed by atoms with Crippen molar-refractivity contribution in [1.82, 2.24) is 4.90 Å². The van der Waals surface area contributed by atoms with Crippen LogP contribution in [0.4, 0.5) is 5.69 Å². The fourth-order valence-electron chi connectivity index (χ4n) is 6.26. The van der Waals surface area contributed by atoms with Crippen LogP contribution in [0.2, 0.25) is 0 Å². The third-order valence-corrected chi connectivity index (χ3v) is 7.56. The molecule has 2 heterocycles. The largest absolute Gasteiger partial charge is 0.351 e. The first-order valence-corrected chi connectivity index (χ1v) is 11.7. The summed E-state index contributed by atoms with van der Waals surface area (Å²) in [5.74, 6) is 0. The lowest BCUT2D eigenvalue weighted by Gasteiger charge is -2.44. The van der Waals surface area contributed by atoms with Crippen LogP contribution >= 0.6 is 0 Å². The molecule has 0 aromatic heterocycles. The topological polar surface area (TPSA) is 6.48 Å². The van der Waals surface area contributed by atoms with Crippen LogP contribution in [0, 0.1) is 6.92 Å². The summed E-state index contributed by atoms with van der Waals surface area (Å²) in [5.41, 5.74) is 5.85. The lowest BCUT2D eigenvalue weighted by atomic mass is 9.76. The lowest BCUT2D eigenvalue weighted by Crippen LogP contribution is -2.49. The van der Waals surface area contributed by atoms with Gasteiger partial charge >= 0.3 is 0 Å². The number of para-hydroxylation sites is 1. The molecular formula is C31H30N2. The van der Waals surface area contributed by atoms with Gasteiger partial charge in [0.1, 0.15) is 0 Å². The Kier molecular flexibility index (Phi) is 3.95. The molecule has 0 bridgehead atoms. The molecule has 0 spiro atoms. The fraction of sp³-hybridized carbons (Fsp3) is 0.226. The minimum atomic E-state index is -2.25. The van der Waals surface area contributed by atoms with Crippen molar-refractivity contribution in [2.45, 2.75) is 44.5 Å². The summed E-state index contributed by atoms with van der Waals surface area (Å²) < 4.78 is 26.6. The Labute approximate surface area is 201 Å². The molecule has 2 aliphatic rings. The maximum atomic E-state index is 8.88. The van der Waals surface area contributed by atoms with Gasteiger partial charge in [-0.15, -0.1) is 0 Å². The second-order valence-electron chi connectivity index (χ2n) is 9.19. The van der Waals surface area contributed by atoms with Crippen LogP contribution in [0.1, 0.15) is 51.7 Å². The molecule has 2 nitrogen and oxygen atoms in total. The van der Waals surface area contributed by atoms with Crippen LogP contribution in [0.15, 0.2) is 109 Å². The second-order valence-corrected chi connectivity index (χ2v) is 9.19. The smallest absolute Gasteiger partial charge is 0.0997 e. The number of aryl methyl sites for hydroxylation is 1. The number of nitrogens with zero attached hydrogens (tertiary/aromatic N) is 2. The van der Waals surface area contributed by atoms with Crippen molar-refractivity contribution in [3.8, 4) is 0 Å². The molecule has 164 valence electrons. The van der Waals surface area contributed by atoms with Crippen LogP contribution in [0.25, 0.3) is 0 Å². The molecule has 4 aromatic rings. The van der Waals surface area contributed by atoms with Crippen molar-refractivity contribution < 1.29 is 4.11 Å². The maximum Gasteiger partial charge on any atom is 0.0997 e. The summed E-state index contributed by atoms with van der Waals surface area (Å²) in [6, 6.07) is 37.4. The number of fused-ring (bicyclic) bond motifs is 3. The Hall–Kier alpha value is -3.36. The number of rotatable bonds is 3. The van der Waals surface area contributed by atoms with E-state index in [9.17, 15) is 0 Å². The van der Waals surface area contributed by atoms with Gasteiger partial charge in [0.05, 0.1) is 17.7 Å². The SMILES string of the molecule is [2H]C([2H])([2H])C1N(c2ccccc2C)[C@@H](C)C2c3ccccc3C(c3ccccc3)(c3ccccc3)N21. The van der Waals surface area contributed by atoms with Crippen molar-refractivity contribution in [3.05, 3.63) is 137 Å². The lowest BCUT2D eigenvalue weighted by molar-refractivity contribution is 0.125. The van der Waals surface area contributed by atoms with E-state index in [0.29, 0.717) is 0 Å².